The minimum Gasteiger partial charge on any atom is -0.305 e. The summed E-state index contributed by atoms with van der Waals surface area (Å²) in [5, 5.41) is 0. The van der Waals surface area contributed by atoms with Crippen LogP contribution in [0.25, 0.3) is 0 Å². The van der Waals surface area contributed by atoms with Gasteiger partial charge >= 0.3 is 0 Å². The highest BCUT2D eigenvalue weighted by Crippen LogP contribution is 2.29. The molecule has 0 aliphatic rings. The monoisotopic (exact) mass is 396 g/mol. The fourth-order valence-corrected chi connectivity index (χ4v) is 6.04. The number of hydrogen-bond donors (Lipinski definition) is 1. The largest absolute Gasteiger partial charge is 0.305 e. The molecule has 0 saturated carbocycles. The van der Waals surface area contributed by atoms with Gasteiger partial charge < -0.3 is 4.90 Å². The Kier molecular flexibility index (Phi) is 7.33. The molecule has 0 bridgehead atoms. The van der Waals surface area contributed by atoms with E-state index in [4.69, 9.17) is 0 Å². The Morgan fingerprint density at radius 1 is 1.33 bits per heavy atom. The summed E-state index contributed by atoms with van der Waals surface area (Å²) in [5.74, 6) is 0.484. The number of sulfonamides is 1. The molecule has 0 aliphatic carbocycles. The van der Waals surface area contributed by atoms with Gasteiger partial charge in [-0.15, -0.1) is 11.3 Å². The molecule has 1 rings (SSSR count). The molecule has 1 N–H and O–H groups in total. The standard InChI is InChI=1S/C14H25BrN2O2S2/c1-6-11(7-2)12(17(4)5)9-16-21(18,19)13-8-14(15)20-10(13)3/h8,11-12,16H,6-7,9H2,1-5H3. The number of rotatable bonds is 8. The van der Waals surface area contributed by atoms with E-state index < -0.39 is 10.0 Å². The van der Waals surface area contributed by atoms with Crippen molar-refractivity contribution in [3.63, 3.8) is 0 Å². The minimum absolute atomic E-state index is 0.206. The molecule has 0 spiro atoms. The molecule has 1 aromatic heterocycles. The maximum atomic E-state index is 12.4. The van der Waals surface area contributed by atoms with Crippen LogP contribution in [0.4, 0.5) is 0 Å². The first-order valence-corrected chi connectivity index (χ1v) is 10.2. The molecule has 122 valence electrons. The first kappa shape index (κ1) is 19.1. The predicted octanol–water partition coefficient (Wildman–Crippen LogP) is 3.46. The molecular formula is C14H25BrN2O2S2. The van der Waals surface area contributed by atoms with Gasteiger partial charge in [0, 0.05) is 17.5 Å². The van der Waals surface area contributed by atoms with Crippen LogP contribution < -0.4 is 4.72 Å². The highest BCUT2D eigenvalue weighted by Gasteiger charge is 2.25. The average Bonchev–Trinajstić information content (AvgIpc) is 2.74. The average molecular weight is 397 g/mol. The van der Waals surface area contributed by atoms with Crippen LogP contribution in [-0.2, 0) is 10.0 Å². The summed E-state index contributed by atoms with van der Waals surface area (Å²) in [5.41, 5.74) is 0. The van der Waals surface area contributed by atoms with Gasteiger partial charge in [-0.1, -0.05) is 26.7 Å². The second kappa shape index (κ2) is 8.06. The summed E-state index contributed by atoms with van der Waals surface area (Å²) in [6.45, 7) is 6.57. The van der Waals surface area contributed by atoms with E-state index in [0.29, 0.717) is 17.4 Å². The quantitative estimate of drug-likeness (QED) is 0.731. The zero-order valence-corrected chi connectivity index (χ0v) is 16.5. The fourth-order valence-electron chi connectivity index (χ4n) is 2.57. The SMILES string of the molecule is CCC(CC)C(CNS(=O)(=O)c1cc(Br)sc1C)N(C)C. The maximum Gasteiger partial charge on any atom is 0.241 e. The van der Waals surface area contributed by atoms with Crippen LogP contribution >= 0.6 is 27.3 Å². The van der Waals surface area contributed by atoms with Crippen LogP contribution in [0.5, 0.6) is 0 Å². The smallest absolute Gasteiger partial charge is 0.241 e. The summed E-state index contributed by atoms with van der Waals surface area (Å²) in [6, 6.07) is 1.88. The lowest BCUT2D eigenvalue weighted by molar-refractivity contribution is 0.201. The Morgan fingerprint density at radius 2 is 1.90 bits per heavy atom. The summed E-state index contributed by atoms with van der Waals surface area (Å²) < 4.78 is 28.5. The van der Waals surface area contributed by atoms with Crippen LogP contribution in [0.1, 0.15) is 31.6 Å². The molecule has 0 aromatic carbocycles. The molecule has 0 aliphatic heterocycles. The highest BCUT2D eigenvalue weighted by atomic mass is 79.9. The third kappa shape index (κ3) is 5.03. The molecule has 7 heteroatoms. The van der Waals surface area contributed by atoms with E-state index in [1.165, 1.54) is 11.3 Å². The van der Waals surface area contributed by atoms with Crippen molar-refractivity contribution in [1.29, 1.82) is 0 Å². The zero-order chi connectivity index (χ0) is 16.2. The number of aryl methyl sites for hydroxylation is 1. The zero-order valence-electron chi connectivity index (χ0n) is 13.3. The molecule has 1 unspecified atom stereocenters. The molecule has 4 nitrogen and oxygen atoms in total. The Bertz CT molecular complexity index is 551. The number of hydrogen-bond acceptors (Lipinski definition) is 4. The number of nitrogens with one attached hydrogen (secondary N) is 1. The lowest BCUT2D eigenvalue weighted by Gasteiger charge is -2.31. The highest BCUT2D eigenvalue weighted by molar-refractivity contribution is 9.11. The second-order valence-corrected chi connectivity index (χ2v) is 9.80. The molecule has 1 atom stereocenters. The lowest BCUT2D eigenvalue weighted by atomic mass is 9.93. The van der Waals surface area contributed by atoms with Crippen molar-refractivity contribution in [3.8, 4) is 0 Å². The number of thiophene rings is 1. The molecular weight excluding hydrogens is 372 g/mol. The van der Waals surface area contributed by atoms with Gasteiger partial charge in [0.25, 0.3) is 0 Å². The third-order valence-electron chi connectivity index (χ3n) is 3.87. The van der Waals surface area contributed by atoms with Crippen LogP contribution in [-0.4, -0.2) is 40.0 Å². The summed E-state index contributed by atoms with van der Waals surface area (Å²) >= 11 is 4.78. The first-order valence-electron chi connectivity index (χ1n) is 7.14. The van der Waals surface area contributed by atoms with E-state index in [2.05, 4.69) is 39.4 Å². The van der Waals surface area contributed by atoms with Gasteiger partial charge in [-0.3, -0.25) is 0 Å². The van der Waals surface area contributed by atoms with Crippen molar-refractivity contribution in [2.75, 3.05) is 20.6 Å². The molecule has 0 amide bonds. The van der Waals surface area contributed by atoms with Crippen molar-refractivity contribution in [2.45, 2.75) is 44.6 Å². The molecule has 0 saturated heterocycles. The van der Waals surface area contributed by atoms with Crippen LogP contribution in [0.2, 0.25) is 0 Å². The minimum atomic E-state index is -3.44. The van der Waals surface area contributed by atoms with Crippen molar-refractivity contribution < 1.29 is 8.42 Å². The topological polar surface area (TPSA) is 49.4 Å². The van der Waals surface area contributed by atoms with Crippen molar-refractivity contribution in [2.24, 2.45) is 5.92 Å². The maximum absolute atomic E-state index is 12.4. The second-order valence-electron chi connectivity index (χ2n) is 5.43. The van der Waals surface area contributed by atoms with E-state index in [1.54, 1.807) is 6.07 Å². The Balaban J connectivity index is 2.86. The Morgan fingerprint density at radius 3 is 2.29 bits per heavy atom. The molecule has 0 radical (unpaired) electrons. The predicted molar refractivity (Wildman–Crippen MR) is 93.5 cm³/mol. The molecule has 1 heterocycles. The number of likely N-dealkylation sites (N-methyl/N-ethyl adjacent to an activating group) is 1. The summed E-state index contributed by atoms with van der Waals surface area (Å²) in [6.07, 6.45) is 2.09. The van der Waals surface area contributed by atoms with Crippen LogP contribution in [0.3, 0.4) is 0 Å². The summed E-state index contributed by atoms with van der Waals surface area (Å²) in [4.78, 5) is 3.29. The number of halogens is 1. The number of nitrogens with zero attached hydrogens (tertiary/aromatic N) is 1. The van der Waals surface area contributed by atoms with E-state index in [0.717, 1.165) is 21.5 Å². The molecule has 1 aromatic rings. The van der Waals surface area contributed by atoms with E-state index in [-0.39, 0.29) is 6.04 Å². The summed E-state index contributed by atoms with van der Waals surface area (Å²) in [7, 11) is 0.562. The van der Waals surface area contributed by atoms with E-state index >= 15 is 0 Å². The Hall–Kier alpha value is 0.0500. The Labute approximate surface area is 141 Å². The van der Waals surface area contributed by atoms with Crippen molar-refractivity contribution >= 4 is 37.3 Å². The van der Waals surface area contributed by atoms with Gasteiger partial charge in [0.05, 0.1) is 8.68 Å². The van der Waals surface area contributed by atoms with Crippen LogP contribution in [0, 0.1) is 12.8 Å². The van der Waals surface area contributed by atoms with E-state index in [1.807, 2.05) is 21.0 Å². The lowest BCUT2D eigenvalue weighted by Crippen LogP contribution is -2.44. The van der Waals surface area contributed by atoms with Crippen molar-refractivity contribution in [3.05, 3.63) is 14.7 Å². The third-order valence-corrected chi connectivity index (χ3v) is 7.10. The molecule has 21 heavy (non-hydrogen) atoms. The van der Waals surface area contributed by atoms with Gasteiger partial charge in [0.1, 0.15) is 0 Å². The van der Waals surface area contributed by atoms with E-state index in [9.17, 15) is 8.42 Å². The van der Waals surface area contributed by atoms with Gasteiger partial charge in [-0.05, 0) is 48.9 Å². The molecule has 0 fully saturated rings. The van der Waals surface area contributed by atoms with Gasteiger partial charge in [0.15, 0.2) is 0 Å². The fraction of sp³-hybridized carbons (Fsp3) is 0.714. The first-order chi connectivity index (χ1) is 9.72. The van der Waals surface area contributed by atoms with Crippen LogP contribution in [0.15, 0.2) is 14.7 Å². The van der Waals surface area contributed by atoms with Gasteiger partial charge in [0.2, 0.25) is 10.0 Å². The van der Waals surface area contributed by atoms with Gasteiger partial charge in [-0.2, -0.15) is 0 Å². The van der Waals surface area contributed by atoms with Gasteiger partial charge in [-0.25, -0.2) is 13.1 Å². The van der Waals surface area contributed by atoms with Crippen molar-refractivity contribution in [1.82, 2.24) is 9.62 Å². The normalized spacial score (nSPS) is 14.1.